The summed E-state index contributed by atoms with van der Waals surface area (Å²) in [6.07, 6.45) is -0.555. The summed E-state index contributed by atoms with van der Waals surface area (Å²) in [7, 11) is 0. The van der Waals surface area contributed by atoms with E-state index in [2.05, 4.69) is 10.6 Å². The highest BCUT2D eigenvalue weighted by atomic mass is 32.2. The number of benzene rings is 2. The van der Waals surface area contributed by atoms with Gasteiger partial charge in [0.1, 0.15) is 12.3 Å². The summed E-state index contributed by atoms with van der Waals surface area (Å²) in [4.78, 5) is 39.0. The summed E-state index contributed by atoms with van der Waals surface area (Å²) in [5.41, 5.74) is 1.77. The van der Waals surface area contributed by atoms with Crippen molar-refractivity contribution in [1.29, 1.82) is 0 Å². The van der Waals surface area contributed by atoms with Crippen LogP contribution in [0.2, 0.25) is 0 Å². The van der Waals surface area contributed by atoms with Crippen molar-refractivity contribution in [2.75, 3.05) is 27.8 Å². The Bertz CT molecular complexity index is 946. The first-order valence-electron chi connectivity index (χ1n) is 8.45. The molecule has 0 aromatic heterocycles. The second kappa shape index (κ2) is 6.96. The topological polar surface area (TPSA) is 87.7 Å². The van der Waals surface area contributed by atoms with E-state index in [9.17, 15) is 14.4 Å². The Balaban J connectivity index is 1.48. The molecule has 0 saturated carbocycles. The lowest BCUT2D eigenvalue weighted by Crippen LogP contribution is -2.41. The van der Waals surface area contributed by atoms with E-state index in [0.29, 0.717) is 22.9 Å². The van der Waals surface area contributed by atoms with Gasteiger partial charge in [-0.1, -0.05) is 12.1 Å². The first-order chi connectivity index (χ1) is 13.0. The average Bonchev–Trinajstić information content (AvgIpc) is 2.65. The fourth-order valence-electron chi connectivity index (χ4n) is 2.96. The van der Waals surface area contributed by atoms with E-state index < -0.39 is 6.10 Å². The molecule has 1 unspecified atom stereocenters. The Hall–Kier alpha value is -3.00. The maximum absolute atomic E-state index is 12.5. The number of amides is 3. The number of hydrogen-bond donors (Lipinski definition) is 2. The Labute approximate surface area is 160 Å². The molecule has 2 aliphatic heterocycles. The van der Waals surface area contributed by atoms with E-state index in [1.165, 1.54) is 16.7 Å². The predicted octanol–water partition coefficient (Wildman–Crippen LogP) is 2.48. The number of nitrogens with one attached hydrogen (secondary N) is 2. The minimum absolute atomic E-state index is 0.0760. The first-order valence-corrected chi connectivity index (χ1v) is 9.43. The fourth-order valence-corrected chi connectivity index (χ4v) is 3.89. The third kappa shape index (κ3) is 3.48. The highest BCUT2D eigenvalue weighted by molar-refractivity contribution is 8.00. The van der Waals surface area contributed by atoms with Crippen molar-refractivity contribution >= 4 is 46.5 Å². The molecule has 0 bridgehead atoms. The Morgan fingerprint density at radius 1 is 1.30 bits per heavy atom. The van der Waals surface area contributed by atoms with Crippen LogP contribution in [0.3, 0.4) is 0 Å². The summed E-state index contributed by atoms with van der Waals surface area (Å²) in [6, 6.07) is 12.5. The van der Waals surface area contributed by atoms with Crippen LogP contribution in [0.25, 0.3) is 0 Å². The maximum atomic E-state index is 12.5. The quantitative estimate of drug-likeness (QED) is 0.850. The third-order valence-electron chi connectivity index (χ3n) is 4.30. The second-order valence-electron chi connectivity index (χ2n) is 6.24. The van der Waals surface area contributed by atoms with E-state index in [0.717, 1.165) is 10.6 Å². The number of anilines is 3. The number of carbonyl (C=O) groups is 3. The summed E-state index contributed by atoms with van der Waals surface area (Å²) in [5, 5.41) is 5.51. The van der Waals surface area contributed by atoms with Crippen LogP contribution in [0.5, 0.6) is 5.75 Å². The van der Waals surface area contributed by atoms with Crippen LogP contribution >= 0.6 is 11.8 Å². The SMILES string of the molecule is CC1Oc2ccc(NC(=O)CN3C(=O)CSc4ccccc43)cc2NC1=O. The van der Waals surface area contributed by atoms with E-state index in [1.807, 2.05) is 24.3 Å². The van der Waals surface area contributed by atoms with Gasteiger partial charge in [0.2, 0.25) is 11.8 Å². The molecule has 27 heavy (non-hydrogen) atoms. The molecule has 4 rings (SSSR count). The molecular formula is C19H17N3O4S. The Kier molecular flexibility index (Phi) is 4.49. The summed E-state index contributed by atoms with van der Waals surface area (Å²) >= 11 is 1.47. The minimum atomic E-state index is -0.555. The molecule has 2 aromatic rings. The summed E-state index contributed by atoms with van der Waals surface area (Å²) in [5.74, 6) is 0.205. The Morgan fingerprint density at radius 3 is 2.96 bits per heavy atom. The molecule has 7 nitrogen and oxygen atoms in total. The molecule has 2 heterocycles. The molecule has 138 valence electrons. The maximum Gasteiger partial charge on any atom is 0.265 e. The third-order valence-corrected chi connectivity index (χ3v) is 5.35. The van der Waals surface area contributed by atoms with Crippen LogP contribution in [0.4, 0.5) is 17.1 Å². The normalized spacial score (nSPS) is 18.1. The highest BCUT2D eigenvalue weighted by Gasteiger charge is 2.27. The molecule has 0 radical (unpaired) electrons. The van der Waals surface area contributed by atoms with E-state index in [4.69, 9.17) is 4.74 Å². The lowest BCUT2D eigenvalue weighted by molar-refractivity contribution is -0.122. The van der Waals surface area contributed by atoms with E-state index >= 15 is 0 Å². The van der Waals surface area contributed by atoms with Crippen LogP contribution in [-0.4, -0.2) is 36.1 Å². The van der Waals surface area contributed by atoms with Crippen molar-refractivity contribution in [2.45, 2.75) is 17.9 Å². The molecule has 2 aliphatic rings. The molecule has 1 atom stereocenters. The van der Waals surface area contributed by atoms with Crippen LogP contribution < -0.4 is 20.3 Å². The number of rotatable bonds is 3. The summed E-state index contributed by atoms with van der Waals surface area (Å²) in [6.45, 7) is 1.59. The van der Waals surface area contributed by atoms with Crippen molar-refractivity contribution in [2.24, 2.45) is 0 Å². The Morgan fingerprint density at radius 2 is 2.11 bits per heavy atom. The lowest BCUT2D eigenvalue weighted by atomic mass is 10.2. The van der Waals surface area contributed by atoms with Gasteiger partial charge in [-0.05, 0) is 37.3 Å². The molecule has 0 fully saturated rings. The zero-order valence-corrected chi connectivity index (χ0v) is 15.3. The number of ether oxygens (including phenoxy) is 1. The molecule has 0 aliphatic carbocycles. The molecule has 2 aromatic carbocycles. The van der Waals surface area contributed by atoms with Crippen LogP contribution in [0.1, 0.15) is 6.92 Å². The minimum Gasteiger partial charge on any atom is -0.479 e. The molecule has 0 saturated heterocycles. The average molecular weight is 383 g/mol. The van der Waals surface area contributed by atoms with E-state index in [1.54, 1.807) is 25.1 Å². The van der Waals surface area contributed by atoms with Gasteiger partial charge in [0.15, 0.2) is 6.10 Å². The molecule has 2 N–H and O–H groups in total. The number of para-hydroxylation sites is 1. The summed E-state index contributed by atoms with van der Waals surface area (Å²) < 4.78 is 5.50. The van der Waals surface area contributed by atoms with Gasteiger partial charge in [-0.2, -0.15) is 0 Å². The van der Waals surface area contributed by atoms with Gasteiger partial charge in [-0.3, -0.25) is 14.4 Å². The monoisotopic (exact) mass is 383 g/mol. The van der Waals surface area contributed by atoms with Crippen LogP contribution in [0, 0.1) is 0 Å². The highest BCUT2D eigenvalue weighted by Crippen LogP contribution is 2.35. The van der Waals surface area contributed by atoms with Gasteiger partial charge >= 0.3 is 0 Å². The molecule has 3 amide bonds. The number of fused-ring (bicyclic) bond motifs is 2. The standard InChI is InChI=1S/C19H17N3O4S/c1-11-19(25)21-13-8-12(6-7-15(13)26-11)20-17(23)9-22-14-4-2-3-5-16(14)27-10-18(22)24/h2-8,11H,9-10H2,1H3,(H,20,23)(H,21,25). The second-order valence-corrected chi connectivity index (χ2v) is 7.26. The predicted molar refractivity (Wildman–Crippen MR) is 103 cm³/mol. The number of nitrogens with zero attached hydrogens (tertiary/aromatic N) is 1. The van der Waals surface area contributed by atoms with Gasteiger partial charge in [-0.15, -0.1) is 11.8 Å². The number of hydrogen-bond acceptors (Lipinski definition) is 5. The van der Waals surface area contributed by atoms with Gasteiger partial charge in [0.25, 0.3) is 5.91 Å². The van der Waals surface area contributed by atoms with Crippen LogP contribution in [0.15, 0.2) is 47.4 Å². The fraction of sp³-hybridized carbons (Fsp3) is 0.211. The molecular weight excluding hydrogens is 366 g/mol. The van der Waals surface area contributed by atoms with E-state index in [-0.39, 0.29) is 24.3 Å². The smallest absolute Gasteiger partial charge is 0.265 e. The van der Waals surface area contributed by atoms with Crippen molar-refractivity contribution in [3.63, 3.8) is 0 Å². The number of thioether (sulfide) groups is 1. The van der Waals surface area contributed by atoms with Gasteiger partial charge < -0.3 is 20.3 Å². The first kappa shape index (κ1) is 17.4. The van der Waals surface area contributed by atoms with Crippen molar-refractivity contribution in [1.82, 2.24) is 0 Å². The van der Waals surface area contributed by atoms with Crippen molar-refractivity contribution < 1.29 is 19.1 Å². The van der Waals surface area contributed by atoms with Crippen molar-refractivity contribution in [3.05, 3.63) is 42.5 Å². The van der Waals surface area contributed by atoms with Gasteiger partial charge in [0.05, 0.1) is 17.1 Å². The molecule has 0 spiro atoms. The lowest BCUT2D eigenvalue weighted by Gasteiger charge is -2.28. The zero-order valence-electron chi connectivity index (χ0n) is 14.5. The van der Waals surface area contributed by atoms with Crippen LogP contribution in [-0.2, 0) is 14.4 Å². The largest absolute Gasteiger partial charge is 0.479 e. The van der Waals surface area contributed by atoms with Gasteiger partial charge in [-0.25, -0.2) is 0 Å². The van der Waals surface area contributed by atoms with Gasteiger partial charge in [0, 0.05) is 10.6 Å². The number of carbonyl (C=O) groups excluding carboxylic acids is 3. The molecule has 8 heteroatoms. The zero-order chi connectivity index (χ0) is 19.0. The van der Waals surface area contributed by atoms with Crippen molar-refractivity contribution in [3.8, 4) is 5.75 Å².